The Kier molecular flexibility index (Phi) is 3.84. The predicted molar refractivity (Wildman–Crippen MR) is 78.6 cm³/mol. The van der Waals surface area contributed by atoms with Crippen molar-refractivity contribution in [2.24, 2.45) is 10.7 Å². The summed E-state index contributed by atoms with van der Waals surface area (Å²) in [5, 5.41) is 9.00. The van der Waals surface area contributed by atoms with Crippen molar-refractivity contribution in [3.63, 3.8) is 0 Å². The van der Waals surface area contributed by atoms with Crippen molar-refractivity contribution in [3.05, 3.63) is 53.8 Å². The van der Waals surface area contributed by atoms with E-state index in [4.69, 9.17) is 5.73 Å². The standard InChI is InChI=1S/C13H14N4S/c1-9(18-2)15-12(7-8-14)13-10-5-3-4-6-11(10)16-17-13/h3-8H,1,14H2,2H3,(H,16,17)/b8-7-,15-12+. The maximum atomic E-state index is 5.46. The Balaban J connectivity index is 2.55. The van der Waals surface area contributed by atoms with Crippen LogP contribution >= 0.6 is 11.8 Å². The molecule has 4 nitrogen and oxygen atoms in total. The van der Waals surface area contributed by atoms with Crippen molar-refractivity contribution in [1.29, 1.82) is 0 Å². The van der Waals surface area contributed by atoms with Gasteiger partial charge in [-0.05, 0) is 24.6 Å². The Morgan fingerprint density at radius 1 is 1.50 bits per heavy atom. The Morgan fingerprint density at radius 2 is 2.28 bits per heavy atom. The van der Waals surface area contributed by atoms with Gasteiger partial charge in [0.1, 0.15) is 5.69 Å². The molecular weight excluding hydrogens is 244 g/mol. The molecule has 2 aromatic rings. The van der Waals surface area contributed by atoms with Crippen molar-refractivity contribution < 1.29 is 0 Å². The zero-order valence-corrected chi connectivity index (χ0v) is 10.9. The summed E-state index contributed by atoms with van der Waals surface area (Å²) in [5.74, 6) is 0. The van der Waals surface area contributed by atoms with Gasteiger partial charge in [0.05, 0.1) is 16.3 Å². The van der Waals surface area contributed by atoms with E-state index >= 15 is 0 Å². The van der Waals surface area contributed by atoms with Crippen LogP contribution in [0.2, 0.25) is 0 Å². The zero-order chi connectivity index (χ0) is 13.0. The number of aliphatic imine (C=N–C) groups is 1. The van der Waals surface area contributed by atoms with Gasteiger partial charge in [0, 0.05) is 5.39 Å². The summed E-state index contributed by atoms with van der Waals surface area (Å²) in [6.45, 7) is 3.85. The fourth-order valence-electron chi connectivity index (χ4n) is 1.60. The molecule has 0 fully saturated rings. The number of rotatable bonds is 4. The van der Waals surface area contributed by atoms with Crippen molar-refractivity contribution in [2.75, 3.05) is 6.26 Å². The van der Waals surface area contributed by atoms with Gasteiger partial charge in [-0.2, -0.15) is 5.10 Å². The highest BCUT2D eigenvalue weighted by Crippen LogP contribution is 2.19. The van der Waals surface area contributed by atoms with Gasteiger partial charge in [0.15, 0.2) is 0 Å². The van der Waals surface area contributed by atoms with E-state index in [9.17, 15) is 0 Å². The fourth-order valence-corrected chi connectivity index (χ4v) is 1.79. The zero-order valence-electron chi connectivity index (χ0n) is 10.1. The average molecular weight is 258 g/mol. The van der Waals surface area contributed by atoms with Crippen LogP contribution in [0.15, 0.2) is 53.1 Å². The Hall–Kier alpha value is -2.01. The molecule has 0 saturated heterocycles. The number of aromatic amines is 1. The van der Waals surface area contributed by atoms with Gasteiger partial charge in [0.25, 0.3) is 0 Å². The van der Waals surface area contributed by atoms with Crippen LogP contribution < -0.4 is 5.73 Å². The lowest BCUT2D eigenvalue weighted by Crippen LogP contribution is -2.00. The molecule has 1 heterocycles. The number of aromatic nitrogens is 2. The number of H-pyrrole nitrogens is 1. The fraction of sp³-hybridized carbons (Fsp3) is 0.0769. The molecule has 92 valence electrons. The first-order valence-corrected chi connectivity index (χ1v) is 6.62. The summed E-state index contributed by atoms with van der Waals surface area (Å²) in [4.78, 5) is 4.41. The third-order valence-corrected chi connectivity index (χ3v) is 3.01. The van der Waals surface area contributed by atoms with Gasteiger partial charge < -0.3 is 5.73 Å². The van der Waals surface area contributed by atoms with E-state index in [1.54, 1.807) is 6.08 Å². The molecule has 1 aromatic heterocycles. The largest absolute Gasteiger partial charge is 0.405 e. The molecule has 0 bridgehead atoms. The molecule has 0 aliphatic carbocycles. The molecule has 0 aliphatic heterocycles. The Labute approximate surface area is 110 Å². The number of thioether (sulfide) groups is 1. The van der Waals surface area contributed by atoms with Gasteiger partial charge in [-0.15, -0.1) is 11.8 Å². The van der Waals surface area contributed by atoms with Crippen LogP contribution in [0.25, 0.3) is 10.9 Å². The number of fused-ring (bicyclic) bond motifs is 1. The first-order valence-electron chi connectivity index (χ1n) is 5.39. The smallest absolute Gasteiger partial charge is 0.118 e. The van der Waals surface area contributed by atoms with Gasteiger partial charge in [-0.1, -0.05) is 24.8 Å². The highest BCUT2D eigenvalue weighted by molar-refractivity contribution is 8.02. The molecule has 0 amide bonds. The number of benzene rings is 1. The minimum atomic E-state index is 0.703. The SMILES string of the molecule is C=C(/N=C(\C=C/N)c1n[nH]c2ccccc12)SC. The van der Waals surface area contributed by atoms with Gasteiger partial charge in [-0.25, -0.2) is 4.99 Å². The lowest BCUT2D eigenvalue weighted by molar-refractivity contribution is 1.10. The first kappa shape index (κ1) is 12.4. The van der Waals surface area contributed by atoms with Crippen LogP contribution in [-0.4, -0.2) is 22.2 Å². The normalized spacial score (nSPS) is 12.4. The predicted octanol–water partition coefficient (Wildman–Crippen LogP) is 2.66. The molecular formula is C13H14N4S. The minimum absolute atomic E-state index is 0.703. The van der Waals surface area contributed by atoms with Crippen molar-refractivity contribution >= 4 is 28.4 Å². The van der Waals surface area contributed by atoms with E-state index in [-0.39, 0.29) is 0 Å². The summed E-state index contributed by atoms with van der Waals surface area (Å²) >= 11 is 1.49. The second-order valence-corrected chi connectivity index (χ2v) is 4.45. The number of nitrogens with two attached hydrogens (primary N) is 1. The molecule has 0 radical (unpaired) electrons. The van der Waals surface area contributed by atoms with Gasteiger partial charge in [-0.3, -0.25) is 5.10 Å². The monoisotopic (exact) mass is 258 g/mol. The number of allylic oxidation sites excluding steroid dienone is 1. The molecule has 0 atom stereocenters. The third-order valence-electron chi connectivity index (χ3n) is 2.45. The molecule has 0 aliphatic rings. The van der Waals surface area contributed by atoms with Crippen LogP contribution in [0.3, 0.4) is 0 Å². The van der Waals surface area contributed by atoms with E-state index in [0.717, 1.165) is 21.6 Å². The molecule has 0 saturated carbocycles. The van der Waals surface area contributed by atoms with Gasteiger partial charge in [0.2, 0.25) is 0 Å². The van der Waals surface area contributed by atoms with Crippen molar-refractivity contribution in [3.8, 4) is 0 Å². The third kappa shape index (κ3) is 2.46. The molecule has 18 heavy (non-hydrogen) atoms. The van der Waals surface area contributed by atoms with Crippen LogP contribution in [-0.2, 0) is 0 Å². The minimum Gasteiger partial charge on any atom is -0.405 e. The number of hydrogen-bond acceptors (Lipinski definition) is 4. The van der Waals surface area contributed by atoms with Crippen LogP contribution in [0.4, 0.5) is 0 Å². The quantitative estimate of drug-likeness (QED) is 0.828. The maximum absolute atomic E-state index is 5.46. The second-order valence-electron chi connectivity index (χ2n) is 3.57. The van der Waals surface area contributed by atoms with E-state index in [1.807, 2.05) is 30.5 Å². The molecule has 1 aromatic carbocycles. The first-order chi connectivity index (χ1) is 8.76. The number of hydrogen-bond donors (Lipinski definition) is 2. The van der Waals surface area contributed by atoms with E-state index in [2.05, 4.69) is 21.8 Å². The molecule has 3 N–H and O–H groups in total. The van der Waals surface area contributed by atoms with Crippen LogP contribution in [0.5, 0.6) is 0 Å². The number of nitrogens with one attached hydrogen (secondary N) is 1. The Morgan fingerprint density at radius 3 is 3.00 bits per heavy atom. The molecule has 2 rings (SSSR count). The summed E-state index contributed by atoms with van der Waals surface area (Å²) in [6, 6.07) is 7.89. The van der Waals surface area contributed by atoms with Crippen LogP contribution in [0, 0.1) is 0 Å². The Bertz CT molecular complexity index is 625. The lowest BCUT2D eigenvalue weighted by Gasteiger charge is -1.99. The average Bonchev–Trinajstić information content (AvgIpc) is 2.82. The maximum Gasteiger partial charge on any atom is 0.118 e. The summed E-state index contributed by atoms with van der Waals surface area (Å²) < 4.78 is 0. The van der Waals surface area contributed by atoms with Crippen molar-refractivity contribution in [2.45, 2.75) is 0 Å². The topological polar surface area (TPSA) is 67.1 Å². The highest BCUT2D eigenvalue weighted by atomic mass is 32.2. The van der Waals surface area contributed by atoms with E-state index < -0.39 is 0 Å². The summed E-state index contributed by atoms with van der Waals surface area (Å²) in [6.07, 6.45) is 5.11. The van der Waals surface area contributed by atoms with E-state index in [1.165, 1.54) is 18.0 Å². The molecule has 0 unspecified atom stereocenters. The van der Waals surface area contributed by atoms with Crippen molar-refractivity contribution in [1.82, 2.24) is 10.2 Å². The number of nitrogens with zero attached hydrogens (tertiary/aromatic N) is 2. The molecule has 5 heteroatoms. The second kappa shape index (κ2) is 5.55. The van der Waals surface area contributed by atoms with Crippen LogP contribution in [0.1, 0.15) is 5.69 Å². The lowest BCUT2D eigenvalue weighted by atomic mass is 10.1. The summed E-state index contributed by atoms with van der Waals surface area (Å²) in [5.41, 5.74) is 7.92. The van der Waals surface area contributed by atoms with E-state index in [0.29, 0.717) is 5.71 Å². The summed E-state index contributed by atoms with van der Waals surface area (Å²) in [7, 11) is 0. The number of para-hydroxylation sites is 1. The van der Waals surface area contributed by atoms with Gasteiger partial charge >= 0.3 is 0 Å². The molecule has 0 spiro atoms. The highest BCUT2D eigenvalue weighted by Gasteiger charge is 2.09.